The summed E-state index contributed by atoms with van der Waals surface area (Å²) in [6.07, 6.45) is -0.669. The molecule has 1 heterocycles. The number of guanidine groups is 1. The summed E-state index contributed by atoms with van der Waals surface area (Å²) in [7, 11) is 0. The maximum Gasteiger partial charge on any atom is 0.437 e. The van der Waals surface area contributed by atoms with Crippen molar-refractivity contribution in [1.82, 2.24) is 9.80 Å². The Morgan fingerprint density at radius 1 is 1.19 bits per heavy atom. The smallest absolute Gasteiger partial charge is 0.437 e. The molecule has 0 bridgehead atoms. The summed E-state index contributed by atoms with van der Waals surface area (Å²) in [6.45, 7) is 3.76. The molecule has 1 aromatic rings. The number of benzene rings is 1. The van der Waals surface area contributed by atoms with E-state index in [1.54, 1.807) is 0 Å². The van der Waals surface area contributed by atoms with Gasteiger partial charge in [0.2, 0.25) is 5.96 Å². The van der Waals surface area contributed by atoms with E-state index in [1.165, 1.54) is 0 Å². The molecule has 0 unspecified atom stereocenters. The fourth-order valence-electron chi connectivity index (χ4n) is 2.08. The fourth-order valence-corrected chi connectivity index (χ4v) is 2.08. The van der Waals surface area contributed by atoms with Gasteiger partial charge in [0.15, 0.2) is 0 Å². The van der Waals surface area contributed by atoms with Crippen molar-refractivity contribution in [2.24, 2.45) is 16.5 Å². The van der Waals surface area contributed by atoms with E-state index in [1.807, 2.05) is 35.2 Å². The third-order valence-electron chi connectivity index (χ3n) is 3.37. The third-order valence-corrected chi connectivity index (χ3v) is 3.37. The molecule has 7 nitrogen and oxygen atoms in total. The van der Waals surface area contributed by atoms with Gasteiger partial charge in [-0.1, -0.05) is 30.3 Å². The van der Waals surface area contributed by atoms with Crippen LogP contribution >= 0.6 is 0 Å². The van der Waals surface area contributed by atoms with Gasteiger partial charge in [-0.3, -0.25) is 4.90 Å². The van der Waals surface area contributed by atoms with Gasteiger partial charge < -0.3 is 21.1 Å². The first kappa shape index (κ1) is 15.3. The van der Waals surface area contributed by atoms with Gasteiger partial charge in [-0.05, 0) is 5.56 Å². The molecule has 0 radical (unpaired) electrons. The number of carbonyl (C=O) groups excluding carboxylic acids is 1. The van der Waals surface area contributed by atoms with E-state index < -0.39 is 6.09 Å². The number of hydrogen-bond acceptors (Lipinski definition) is 4. The van der Waals surface area contributed by atoms with Crippen LogP contribution in [0.1, 0.15) is 5.56 Å². The first-order valence-electron chi connectivity index (χ1n) is 6.91. The van der Waals surface area contributed by atoms with Crippen LogP contribution in [-0.4, -0.2) is 54.7 Å². The van der Waals surface area contributed by atoms with Gasteiger partial charge in [-0.25, -0.2) is 4.79 Å². The Kier molecular flexibility index (Phi) is 5.53. The second-order valence-corrected chi connectivity index (χ2v) is 4.80. The number of nitrogens with two attached hydrogens (primary N) is 2. The largest absolute Gasteiger partial charge is 0.443 e. The van der Waals surface area contributed by atoms with Crippen LogP contribution in [0.15, 0.2) is 35.3 Å². The van der Waals surface area contributed by atoms with Crippen molar-refractivity contribution in [2.45, 2.75) is 6.61 Å². The van der Waals surface area contributed by atoms with Gasteiger partial charge in [0.25, 0.3) is 0 Å². The first-order valence-corrected chi connectivity index (χ1v) is 6.91. The molecule has 114 valence electrons. The Bertz CT molecular complexity index is 483. The Morgan fingerprint density at radius 3 is 2.48 bits per heavy atom. The van der Waals surface area contributed by atoms with Crippen LogP contribution in [0, 0.1) is 0 Å². The van der Waals surface area contributed by atoms with Crippen molar-refractivity contribution in [1.29, 1.82) is 0 Å². The van der Waals surface area contributed by atoms with Crippen molar-refractivity contribution in [3.05, 3.63) is 35.9 Å². The molecule has 0 spiro atoms. The highest BCUT2D eigenvalue weighted by atomic mass is 16.5. The number of ether oxygens (including phenoxy) is 1. The fraction of sp³-hybridized carbons (Fsp3) is 0.429. The van der Waals surface area contributed by atoms with E-state index in [4.69, 9.17) is 16.2 Å². The van der Waals surface area contributed by atoms with E-state index in [0.717, 1.165) is 18.7 Å². The Hall–Kier alpha value is -2.12. The van der Waals surface area contributed by atoms with Crippen molar-refractivity contribution >= 4 is 12.1 Å². The van der Waals surface area contributed by atoms with Gasteiger partial charge in [-0.15, -0.1) is 4.99 Å². The summed E-state index contributed by atoms with van der Waals surface area (Å²) >= 11 is 0. The van der Waals surface area contributed by atoms with Crippen LogP contribution in [0.4, 0.5) is 4.79 Å². The predicted octanol–water partition coefficient (Wildman–Crippen LogP) is 0.172. The van der Waals surface area contributed by atoms with E-state index >= 15 is 0 Å². The normalized spacial score (nSPS) is 16.8. The molecule has 1 aliphatic heterocycles. The monoisotopic (exact) mass is 291 g/mol. The molecule has 1 aliphatic rings. The summed E-state index contributed by atoms with van der Waals surface area (Å²) in [6, 6.07) is 9.44. The summed E-state index contributed by atoms with van der Waals surface area (Å²) in [5.74, 6) is 0.199. The lowest BCUT2D eigenvalue weighted by molar-refractivity contribution is 0.149. The molecule has 2 rings (SSSR count). The van der Waals surface area contributed by atoms with E-state index in [-0.39, 0.29) is 12.6 Å². The summed E-state index contributed by atoms with van der Waals surface area (Å²) in [5.41, 5.74) is 12.3. The van der Waals surface area contributed by atoms with Crippen LogP contribution in [0.2, 0.25) is 0 Å². The quantitative estimate of drug-likeness (QED) is 0.609. The zero-order chi connectivity index (χ0) is 15.1. The van der Waals surface area contributed by atoms with Gasteiger partial charge in [-0.2, -0.15) is 0 Å². The summed E-state index contributed by atoms with van der Waals surface area (Å²) in [5, 5.41) is 0. The van der Waals surface area contributed by atoms with E-state index in [2.05, 4.69) is 9.89 Å². The van der Waals surface area contributed by atoms with E-state index in [9.17, 15) is 4.79 Å². The number of hydrogen-bond donors (Lipinski definition) is 2. The highest BCUT2D eigenvalue weighted by Crippen LogP contribution is 2.03. The second kappa shape index (κ2) is 7.61. The second-order valence-electron chi connectivity index (χ2n) is 4.80. The van der Waals surface area contributed by atoms with Crippen molar-refractivity contribution < 1.29 is 9.53 Å². The SMILES string of the molecule is NCN1CCN(C(N)=NC(=O)OCc2ccccc2)CC1. The number of carbonyl (C=O) groups is 1. The Balaban J connectivity index is 1.80. The molecule has 7 heteroatoms. The van der Waals surface area contributed by atoms with Crippen molar-refractivity contribution in [3.63, 3.8) is 0 Å². The molecule has 0 aromatic heterocycles. The average Bonchev–Trinajstić information content (AvgIpc) is 2.54. The molecule has 0 saturated carbocycles. The van der Waals surface area contributed by atoms with Gasteiger partial charge in [0.05, 0.1) is 0 Å². The Labute approximate surface area is 124 Å². The number of nitrogens with zero attached hydrogens (tertiary/aromatic N) is 3. The molecular weight excluding hydrogens is 270 g/mol. The minimum Gasteiger partial charge on any atom is -0.443 e. The molecule has 1 aromatic carbocycles. The number of rotatable bonds is 3. The molecule has 21 heavy (non-hydrogen) atoms. The molecule has 0 atom stereocenters. The third kappa shape index (κ3) is 4.73. The van der Waals surface area contributed by atoms with Gasteiger partial charge in [0.1, 0.15) is 6.61 Å². The van der Waals surface area contributed by atoms with Crippen LogP contribution in [0.3, 0.4) is 0 Å². The van der Waals surface area contributed by atoms with Crippen LogP contribution in [0.25, 0.3) is 0 Å². The van der Waals surface area contributed by atoms with Gasteiger partial charge in [0, 0.05) is 32.8 Å². The summed E-state index contributed by atoms with van der Waals surface area (Å²) in [4.78, 5) is 19.4. The molecule has 1 fully saturated rings. The molecule has 1 saturated heterocycles. The number of amides is 1. The summed E-state index contributed by atoms with van der Waals surface area (Å²) < 4.78 is 5.07. The van der Waals surface area contributed by atoms with Crippen molar-refractivity contribution in [3.8, 4) is 0 Å². The molecular formula is C14H21N5O2. The lowest BCUT2D eigenvalue weighted by Crippen LogP contribution is -2.52. The zero-order valence-electron chi connectivity index (χ0n) is 11.9. The van der Waals surface area contributed by atoms with Crippen LogP contribution in [0.5, 0.6) is 0 Å². The highest BCUT2D eigenvalue weighted by molar-refractivity contribution is 5.89. The van der Waals surface area contributed by atoms with Crippen molar-refractivity contribution in [2.75, 3.05) is 32.8 Å². The molecule has 4 N–H and O–H groups in total. The minimum absolute atomic E-state index is 0.192. The molecule has 0 aliphatic carbocycles. The lowest BCUT2D eigenvalue weighted by atomic mass is 10.2. The predicted molar refractivity (Wildman–Crippen MR) is 80.4 cm³/mol. The Morgan fingerprint density at radius 2 is 1.86 bits per heavy atom. The number of aliphatic imine (C=N–C) groups is 1. The highest BCUT2D eigenvalue weighted by Gasteiger charge is 2.18. The maximum absolute atomic E-state index is 11.6. The topological polar surface area (TPSA) is 97.2 Å². The zero-order valence-corrected chi connectivity index (χ0v) is 11.9. The first-order chi connectivity index (χ1) is 10.2. The molecule has 1 amide bonds. The van der Waals surface area contributed by atoms with Crippen LogP contribution < -0.4 is 11.5 Å². The van der Waals surface area contributed by atoms with E-state index in [0.29, 0.717) is 19.8 Å². The minimum atomic E-state index is -0.669. The van der Waals surface area contributed by atoms with Gasteiger partial charge >= 0.3 is 6.09 Å². The average molecular weight is 291 g/mol. The standard InChI is InChI=1S/C14H21N5O2/c15-11-18-6-8-19(9-7-18)13(16)17-14(20)21-10-12-4-2-1-3-5-12/h1-5H,6-11,15H2,(H2,16,17,20). The lowest BCUT2D eigenvalue weighted by Gasteiger charge is -2.34. The van der Waals surface area contributed by atoms with Crippen LogP contribution in [-0.2, 0) is 11.3 Å². The maximum atomic E-state index is 11.6. The number of piperazine rings is 1.